The number of aromatic nitrogens is 3. The van der Waals surface area contributed by atoms with Gasteiger partial charge in [-0.15, -0.1) is 5.10 Å². The van der Waals surface area contributed by atoms with E-state index in [0.29, 0.717) is 5.56 Å². The van der Waals surface area contributed by atoms with Crippen LogP contribution < -0.4 is 21.3 Å². The lowest BCUT2D eigenvalue weighted by Crippen LogP contribution is -2.75. The highest BCUT2D eigenvalue weighted by molar-refractivity contribution is 6.20. The average molecular weight is 472 g/mol. The molecule has 1 spiro atoms. The first-order valence-corrected chi connectivity index (χ1v) is 10.5. The number of nitrogens with zero attached hydrogens (tertiary/aromatic N) is 3. The summed E-state index contributed by atoms with van der Waals surface area (Å²) in [5.74, 6) is -3.38. The lowest BCUT2D eigenvalue weighted by atomic mass is 9.66. The molecule has 34 heavy (non-hydrogen) atoms. The predicted molar refractivity (Wildman–Crippen MR) is 109 cm³/mol. The number of aromatic amines is 1. The van der Waals surface area contributed by atoms with Crippen molar-refractivity contribution in [2.45, 2.75) is 38.5 Å². The molecule has 13 nitrogen and oxygen atoms in total. The molecule has 6 rings (SSSR count). The number of carbonyl (C=O) groups excluding carboxylic acids is 3. The Morgan fingerprint density at radius 2 is 1.91 bits per heavy atom. The van der Waals surface area contributed by atoms with Crippen LogP contribution in [0, 0.1) is 11.2 Å². The molecule has 2 saturated heterocycles. The molecule has 2 aromatic heterocycles. The van der Waals surface area contributed by atoms with Gasteiger partial charge in [0.05, 0.1) is 29.3 Å². The van der Waals surface area contributed by atoms with Gasteiger partial charge in [-0.1, -0.05) is 5.16 Å². The number of urea groups is 1. The molecular weight excluding hydrogens is 455 g/mol. The third-order valence-corrected chi connectivity index (χ3v) is 6.61. The molecule has 3 atom stereocenters. The van der Waals surface area contributed by atoms with Crippen LogP contribution in [0.4, 0.5) is 14.9 Å². The Bertz CT molecular complexity index is 1440. The highest BCUT2D eigenvalue weighted by Gasteiger charge is 2.63. The Morgan fingerprint density at radius 3 is 2.59 bits per heavy atom. The van der Waals surface area contributed by atoms with Gasteiger partial charge >= 0.3 is 11.8 Å². The molecule has 3 N–H and O–H groups in total. The second-order valence-corrected chi connectivity index (χ2v) is 8.66. The van der Waals surface area contributed by atoms with Gasteiger partial charge in [0.25, 0.3) is 5.89 Å². The van der Waals surface area contributed by atoms with Crippen LogP contribution in [-0.2, 0) is 20.7 Å². The number of hydrogen-bond donors (Lipinski definition) is 3. The quantitative estimate of drug-likeness (QED) is 0.415. The van der Waals surface area contributed by atoms with Crippen LogP contribution >= 0.6 is 0 Å². The van der Waals surface area contributed by atoms with Crippen LogP contribution in [-0.4, -0.2) is 58.0 Å². The molecule has 1 aromatic carbocycles. The molecule has 3 aromatic rings. The monoisotopic (exact) mass is 472 g/mol. The maximum absolute atomic E-state index is 15.9. The van der Waals surface area contributed by atoms with E-state index in [1.165, 1.54) is 6.07 Å². The second-order valence-electron chi connectivity index (χ2n) is 8.66. The Balaban J connectivity index is 1.61. The van der Waals surface area contributed by atoms with Crippen molar-refractivity contribution in [3.05, 3.63) is 28.0 Å². The molecule has 3 aliphatic heterocycles. The zero-order chi connectivity index (χ0) is 23.9. The summed E-state index contributed by atoms with van der Waals surface area (Å²) in [6.07, 6.45) is -1.22. The first-order chi connectivity index (χ1) is 16.2. The molecule has 176 valence electrons. The Labute approximate surface area is 188 Å². The number of anilines is 1. The van der Waals surface area contributed by atoms with E-state index in [9.17, 15) is 19.2 Å². The fraction of sp³-hybridized carbons (Fsp3) is 0.400. The summed E-state index contributed by atoms with van der Waals surface area (Å²) in [5, 5.41) is 14.1. The molecule has 14 heteroatoms. The highest BCUT2D eigenvalue weighted by atomic mass is 19.1. The Morgan fingerprint density at radius 1 is 1.18 bits per heavy atom. The largest absolute Gasteiger partial charge is 0.434 e. The third-order valence-electron chi connectivity index (χ3n) is 6.61. The zero-order valence-corrected chi connectivity index (χ0v) is 17.8. The minimum absolute atomic E-state index is 0.0253. The summed E-state index contributed by atoms with van der Waals surface area (Å²) in [6, 6.07) is -0.302. The smallest absolute Gasteiger partial charge is 0.386 e. The molecule has 0 unspecified atom stereocenters. The predicted octanol–water partition coefficient (Wildman–Crippen LogP) is 0.201. The number of morpholine rings is 1. The van der Waals surface area contributed by atoms with Gasteiger partial charge in [-0.3, -0.25) is 20.2 Å². The zero-order valence-electron chi connectivity index (χ0n) is 17.8. The van der Waals surface area contributed by atoms with E-state index >= 15 is 4.39 Å². The van der Waals surface area contributed by atoms with Crippen molar-refractivity contribution in [2.24, 2.45) is 5.41 Å². The number of H-pyrrole nitrogens is 1. The van der Waals surface area contributed by atoms with Gasteiger partial charge in [0.1, 0.15) is 0 Å². The van der Waals surface area contributed by atoms with E-state index in [1.54, 1.807) is 18.7 Å². The van der Waals surface area contributed by atoms with E-state index in [0.717, 1.165) is 0 Å². The van der Waals surface area contributed by atoms with Crippen LogP contribution in [0.15, 0.2) is 19.8 Å². The van der Waals surface area contributed by atoms with Crippen molar-refractivity contribution in [3.63, 3.8) is 0 Å². The number of fused-ring (bicyclic) bond motifs is 5. The molecule has 0 bridgehead atoms. The number of halogens is 1. The molecule has 0 aliphatic carbocycles. The molecule has 3 aliphatic rings. The van der Waals surface area contributed by atoms with Crippen molar-refractivity contribution < 1.29 is 32.5 Å². The van der Waals surface area contributed by atoms with E-state index in [1.807, 2.05) is 0 Å². The maximum atomic E-state index is 15.9. The number of hydrogen-bond acceptors (Lipinski definition) is 10. The summed E-state index contributed by atoms with van der Waals surface area (Å²) in [7, 11) is 0. The molecule has 2 fully saturated rings. The molecule has 5 heterocycles. The summed E-state index contributed by atoms with van der Waals surface area (Å²) < 4.78 is 32.0. The van der Waals surface area contributed by atoms with E-state index < -0.39 is 47.0 Å². The fourth-order valence-electron chi connectivity index (χ4n) is 5.43. The van der Waals surface area contributed by atoms with E-state index in [2.05, 4.69) is 26.0 Å². The van der Waals surface area contributed by atoms with Crippen molar-refractivity contribution >= 4 is 34.5 Å². The van der Waals surface area contributed by atoms with Crippen LogP contribution in [0.2, 0.25) is 0 Å². The summed E-state index contributed by atoms with van der Waals surface area (Å²) >= 11 is 0. The van der Waals surface area contributed by atoms with Crippen LogP contribution in [0.25, 0.3) is 22.6 Å². The van der Waals surface area contributed by atoms with Crippen LogP contribution in [0.3, 0.4) is 0 Å². The third kappa shape index (κ3) is 2.56. The number of carbonyl (C=O) groups is 3. The molecular formula is C20H17FN6O7. The average Bonchev–Trinajstić information content (AvgIpc) is 3.37. The van der Waals surface area contributed by atoms with Gasteiger partial charge in [-0.25, -0.2) is 19.1 Å². The minimum atomic E-state index is -1.77. The number of imide groups is 2. The fourth-order valence-corrected chi connectivity index (χ4v) is 5.43. The SMILES string of the molecule is C[C@@H]1CN2c3c(cc4c(-c5n[nH]c(=O)o5)noc4c3F)CC3(C(=O)NC(=O)NC3=O)[C@H]2[C@H](C)O1. The lowest BCUT2D eigenvalue weighted by Gasteiger charge is -2.55. The first kappa shape index (κ1) is 20.5. The van der Waals surface area contributed by atoms with Crippen molar-refractivity contribution in [3.8, 4) is 11.6 Å². The summed E-state index contributed by atoms with van der Waals surface area (Å²) in [5.41, 5.74) is -1.54. The molecule has 0 saturated carbocycles. The second kappa shape index (κ2) is 6.72. The van der Waals surface area contributed by atoms with Gasteiger partial charge < -0.3 is 18.6 Å². The lowest BCUT2D eigenvalue weighted by molar-refractivity contribution is -0.153. The van der Waals surface area contributed by atoms with Crippen LogP contribution in [0.1, 0.15) is 19.4 Å². The van der Waals surface area contributed by atoms with Gasteiger partial charge in [0.2, 0.25) is 17.4 Å². The van der Waals surface area contributed by atoms with E-state index in [-0.39, 0.29) is 47.3 Å². The van der Waals surface area contributed by atoms with E-state index in [4.69, 9.17) is 13.7 Å². The Kier molecular flexibility index (Phi) is 4.06. The standard InChI is InChI=1S/C20H17FN6O7/c1-6-5-27-12-8(3-9-11(15-24-25-19(31)33-15)26-34-13(9)10(12)21)4-20(14(27)7(2)32-6)16(28)22-18(30)23-17(20)29/h3,6-7,14H,4-5H2,1-2H3,(H,25,31)(H2,22,23,28,29,30)/t6-,7+,14-/m1/s1. The Hall–Kier alpha value is -4.07. The van der Waals surface area contributed by atoms with Gasteiger partial charge in [0.15, 0.2) is 16.9 Å². The first-order valence-electron chi connectivity index (χ1n) is 10.5. The van der Waals surface area contributed by atoms with Crippen molar-refractivity contribution in [1.29, 1.82) is 0 Å². The highest BCUT2D eigenvalue weighted by Crippen LogP contribution is 2.49. The van der Waals surface area contributed by atoms with Gasteiger partial charge in [-0.2, -0.15) is 0 Å². The minimum Gasteiger partial charge on any atom is -0.386 e. The number of benzene rings is 1. The summed E-state index contributed by atoms with van der Waals surface area (Å²) in [6.45, 7) is 3.66. The van der Waals surface area contributed by atoms with Crippen LogP contribution in [0.5, 0.6) is 0 Å². The van der Waals surface area contributed by atoms with Gasteiger partial charge in [-0.05, 0) is 25.5 Å². The number of amides is 4. The number of barbiturate groups is 1. The van der Waals surface area contributed by atoms with Crippen molar-refractivity contribution in [1.82, 2.24) is 26.0 Å². The molecule has 0 radical (unpaired) electrons. The number of ether oxygens (including phenoxy) is 1. The van der Waals surface area contributed by atoms with Crippen molar-refractivity contribution in [2.75, 3.05) is 11.4 Å². The maximum Gasteiger partial charge on any atom is 0.434 e. The number of nitrogens with one attached hydrogen (secondary N) is 3. The number of rotatable bonds is 1. The molecule has 4 amide bonds. The van der Waals surface area contributed by atoms with Gasteiger partial charge in [0, 0.05) is 13.0 Å². The summed E-state index contributed by atoms with van der Waals surface area (Å²) in [4.78, 5) is 51.2. The topological polar surface area (TPSA) is 173 Å². The normalized spacial score (nSPS) is 25.8.